The Morgan fingerprint density at radius 3 is 1.64 bits per heavy atom. The summed E-state index contributed by atoms with van der Waals surface area (Å²) in [6.45, 7) is 1.98. The molecule has 9 aromatic rings. The fraction of sp³-hybridized carbons (Fsp3) is 0.0196. The van der Waals surface area contributed by atoms with Crippen LogP contribution in [0.5, 0.6) is 0 Å². The van der Waals surface area contributed by atoms with Crippen molar-refractivity contribution < 1.29 is 0 Å². The summed E-state index contributed by atoms with van der Waals surface area (Å²) in [7, 11) is 0. The second-order valence-electron chi connectivity index (χ2n) is 13.3. The monoisotopic (exact) mass is 676 g/mol. The molecule has 0 saturated heterocycles. The lowest BCUT2D eigenvalue weighted by Gasteiger charge is -2.18. The van der Waals surface area contributed by atoms with Crippen LogP contribution >= 0.6 is 0 Å². The van der Waals surface area contributed by atoms with Crippen LogP contribution in [0.2, 0.25) is 0 Å². The first kappa shape index (κ1) is 32.0. The maximum Gasteiger partial charge on any atom is 0.159 e. The maximum absolute atomic E-state index is 4.98. The van der Waals surface area contributed by atoms with E-state index in [1.54, 1.807) is 0 Å². The van der Waals surface area contributed by atoms with Gasteiger partial charge in [0.2, 0.25) is 0 Å². The van der Waals surface area contributed by atoms with E-state index in [0.29, 0.717) is 5.84 Å². The molecule has 0 aliphatic rings. The fourth-order valence-corrected chi connectivity index (χ4v) is 7.67. The van der Waals surface area contributed by atoms with E-state index in [1.165, 1.54) is 70.9 Å². The minimum Gasteiger partial charge on any atom is -0.237 e. The number of nitrogens with zero attached hydrogens (tertiary/aromatic N) is 2. The van der Waals surface area contributed by atoms with Gasteiger partial charge in [0.1, 0.15) is 0 Å². The Hall–Kier alpha value is -6.90. The molecule has 9 aromatic carbocycles. The predicted molar refractivity (Wildman–Crippen MR) is 228 cm³/mol. The standard InChI is InChI=1S/C51H36N2/c1-2-31-52-51(53-34-35-27-29-36(30-28-35)48-33-38-17-6-7-20-41(38)42-21-8-9-22-43(42)48)40-19-14-18-39(32-40)50-46-25-12-10-23-44(46)49(37-15-4-3-5-16-37)45-24-11-13-26-47(45)50/h2-34H,1H3/b31-2-,52-51-,53-34+. The van der Waals surface area contributed by atoms with E-state index in [9.17, 15) is 0 Å². The van der Waals surface area contributed by atoms with E-state index in [-0.39, 0.29) is 0 Å². The Bertz CT molecular complexity index is 2820. The second-order valence-corrected chi connectivity index (χ2v) is 13.3. The molecule has 53 heavy (non-hydrogen) atoms. The van der Waals surface area contributed by atoms with Gasteiger partial charge in [-0.15, -0.1) is 0 Å². The minimum atomic E-state index is 0.657. The van der Waals surface area contributed by atoms with Gasteiger partial charge in [-0.05, 0) is 101 Å². The van der Waals surface area contributed by atoms with Crippen LogP contribution in [0.15, 0.2) is 204 Å². The molecule has 0 unspecified atom stereocenters. The molecule has 0 aliphatic carbocycles. The first-order valence-electron chi connectivity index (χ1n) is 18.1. The first-order chi connectivity index (χ1) is 26.3. The van der Waals surface area contributed by atoms with Gasteiger partial charge in [-0.1, -0.05) is 176 Å². The van der Waals surface area contributed by atoms with Crippen molar-refractivity contribution in [2.24, 2.45) is 9.98 Å². The molecular weight excluding hydrogens is 641 g/mol. The van der Waals surface area contributed by atoms with Crippen LogP contribution in [0, 0.1) is 0 Å². The number of amidine groups is 1. The van der Waals surface area contributed by atoms with E-state index in [4.69, 9.17) is 9.98 Å². The van der Waals surface area contributed by atoms with Crippen molar-refractivity contribution in [3.8, 4) is 33.4 Å². The molecule has 250 valence electrons. The lowest BCUT2D eigenvalue weighted by molar-refractivity contribution is 1.45. The van der Waals surface area contributed by atoms with E-state index >= 15 is 0 Å². The van der Waals surface area contributed by atoms with Gasteiger partial charge in [-0.2, -0.15) is 0 Å². The number of benzene rings is 9. The van der Waals surface area contributed by atoms with Crippen molar-refractivity contribution >= 4 is 55.1 Å². The molecule has 0 amide bonds. The van der Waals surface area contributed by atoms with Gasteiger partial charge >= 0.3 is 0 Å². The van der Waals surface area contributed by atoms with Crippen LogP contribution in [0.3, 0.4) is 0 Å². The average molecular weight is 677 g/mol. The molecule has 0 fully saturated rings. The van der Waals surface area contributed by atoms with Crippen molar-refractivity contribution in [1.82, 2.24) is 0 Å². The molecule has 0 bridgehead atoms. The molecule has 0 N–H and O–H groups in total. The van der Waals surface area contributed by atoms with Gasteiger partial charge in [0.25, 0.3) is 0 Å². The first-order valence-corrected chi connectivity index (χ1v) is 18.1. The SMILES string of the molecule is C\C=C/N=C(\N=C\c1ccc(-c2cc3ccccc3c3ccccc23)cc1)c1cccc(-c2c3ccccc3c(-c3ccccc3)c3ccccc23)c1. The second kappa shape index (κ2) is 14.0. The molecule has 0 aromatic heterocycles. The van der Waals surface area contributed by atoms with Gasteiger partial charge < -0.3 is 0 Å². The topological polar surface area (TPSA) is 24.7 Å². The summed E-state index contributed by atoms with van der Waals surface area (Å²) >= 11 is 0. The molecule has 2 nitrogen and oxygen atoms in total. The van der Waals surface area contributed by atoms with Crippen LogP contribution in [0.25, 0.3) is 76.5 Å². The van der Waals surface area contributed by atoms with Gasteiger partial charge in [-0.25, -0.2) is 9.98 Å². The summed E-state index contributed by atoms with van der Waals surface area (Å²) in [5.41, 5.74) is 9.19. The van der Waals surface area contributed by atoms with Crippen molar-refractivity contribution in [3.63, 3.8) is 0 Å². The summed E-state index contributed by atoms with van der Waals surface area (Å²) in [6.07, 6.45) is 5.66. The molecule has 0 radical (unpaired) electrons. The lowest BCUT2D eigenvalue weighted by atomic mass is 9.85. The predicted octanol–water partition coefficient (Wildman–Crippen LogP) is 13.7. The highest BCUT2D eigenvalue weighted by atomic mass is 14.9. The van der Waals surface area contributed by atoms with Gasteiger partial charge in [0.05, 0.1) is 0 Å². The summed E-state index contributed by atoms with van der Waals surface area (Å²) in [5, 5.41) is 9.95. The molecule has 0 saturated carbocycles. The highest BCUT2D eigenvalue weighted by Gasteiger charge is 2.17. The zero-order chi connectivity index (χ0) is 35.6. The van der Waals surface area contributed by atoms with E-state index in [2.05, 4.69) is 182 Å². The van der Waals surface area contributed by atoms with E-state index in [1.807, 2.05) is 25.4 Å². The third-order valence-electron chi connectivity index (χ3n) is 10.1. The summed E-state index contributed by atoms with van der Waals surface area (Å²) in [5.74, 6) is 0.657. The third kappa shape index (κ3) is 6.01. The molecule has 0 atom stereocenters. The number of fused-ring (bicyclic) bond motifs is 5. The van der Waals surface area contributed by atoms with Crippen LogP contribution in [0.1, 0.15) is 18.1 Å². The fourth-order valence-electron chi connectivity index (χ4n) is 7.67. The third-order valence-corrected chi connectivity index (χ3v) is 10.1. The maximum atomic E-state index is 4.98. The van der Waals surface area contributed by atoms with Gasteiger partial charge in [0.15, 0.2) is 5.84 Å². The average Bonchev–Trinajstić information content (AvgIpc) is 3.23. The Kier molecular flexibility index (Phi) is 8.47. The molecular formula is C51H36N2. The smallest absolute Gasteiger partial charge is 0.159 e. The van der Waals surface area contributed by atoms with Gasteiger partial charge in [-0.3, -0.25) is 0 Å². The number of allylic oxidation sites excluding steroid dienone is 1. The zero-order valence-corrected chi connectivity index (χ0v) is 29.4. The quantitative estimate of drug-likeness (QED) is 0.0725. The zero-order valence-electron chi connectivity index (χ0n) is 29.4. The van der Waals surface area contributed by atoms with Crippen LogP contribution in [-0.4, -0.2) is 12.1 Å². The minimum absolute atomic E-state index is 0.657. The Morgan fingerprint density at radius 2 is 0.981 bits per heavy atom. The number of aliphatic imine (C=N–C) groups is 2. The normalized spacial score (nSPS) is 12.2. The molecule has 0 spiro atoms. The van der Waals surface area contributed by atoms with Gasteiger partial charge in [0, 0.05) is 18.0 Å². The van der Waals surface area contributed by atoms with Crippen molar-refractivity contribution in [3.05, 3.63) is 205 Å². The molecule has 0 heterocycles. The largest absolute Gasteiger partial charge is 0.237 e. The molecule has 2 heteroatoms. The summed E-state index contributed by atoms with van der Waals surface area (Å²) in [4.78, 5) is 9.79. The number of hydrogen-bond acceptors (Lipinski definition) is 1. The molecule has 0 aliphatic heterocycles. The highest BCUT2D eigenvalue weighted by Crippen LogP contribution is 2.43. The molecule has 9 rings (SSSR count). The highest BCUT2D eigenvalue weighted by molar-refractivity contribution is 6.22. The lowest BCUT2D eigenvalue weighted by Crippen LogP contribution is -1.99. The van der Waals surface area contributed by atoms with Crippen LogP contribution in [-0.2, 0) is 0 Å². The number of hydrogen-bond donors (Lipinski definition) is 0. The van der Waals surface area contributed by atoms with Crippen LogP contribution in [0.4, 0.5) is 0 Å². The van der Waals surface area contributed by atoms with Crippen molar-refractivity contribution in [1.29, 1.82) is 0 Å². The Morgan fingerprint density at radius 1 is 0.434 bits per heavy atom. The van der Waals surface area contributed by atoms with Crippen LogP contribution < -0.4 is 0 Å². The van der Waals surface area contributed by atoms with E-state index in [0.717, 1.165) is 16.7 Å². The Labute approximate surface area is 309 Å². The van der Waals surface area contributed by atoms with Crippen molar-refractivity contribution in [2.75, 3.05) is 0 Å². The Balaban J connectivity index is 1.10. The summed E-state index contributed by atoms with van der Waals surface area (Å²) in [6, 6.07) is 65.1. The van der Waals surface area contributed by atoms with Crippen molar-refractivity contribution in [2.45, 2.75) is 6.92 Å². The van der Waals surface area contributed by atoms with E-state index < -0.39 is 0 Å². The number of rotatable bonds is 6. The summed E-state index contributed by atoms with van der Waals surface area (Å²) < 4.78 is 0.